The molecule has 1 aliphatic carbocycles. The predicted molar refractivity (Wildman–Crippen MR) is 102 cm³/mol. The first kappa shape index (κ1) is 22.0. The molecule has 162 valence electrons. The summed E-state index contributed by atoms with van der Waals surface area (Å²) in [6, 6.07) is 5.26. The van der Waals surface area contributed by atoms with Crippen LogP contribution in [0.4, 0.5) is 0 Å². The number of aliphatic hydroxyl groups excluding tert-OH is 4. The molecule has 1 aromatic carbocycles. The highest BCUT2D eigenvalue weighted by Gasteiger charge is 2.46. The lowest BCUT2D eigenvalue weighted by molar-refractivity contribution is -0.232. The summed E-state index contributed by atoms with van der Waals surface area (Å²) in [5.74, 6) is 0.107. The van der Waals surface area contributed by atoms with Gasteiger partial charge in [-0.3, -0.25) is 4.79 Å². The van der Waals surface area contributed by atoms with Crippen LogP contribution in [0.1, 0.15) is 49.3 Å². The summed E-state index contributed by atoms with van der Waals surface area (Å²) < 4.78 is 16.3. The number of hydrogen-bond donors (Lipinski definition) is 4. The van der Waals surface area contributed by atoms with Crippen molar-refractivity contribution < 1.29 is 39.4 Å². The summed E-state index contributed by atoms with van der Waals surface area (Å²) >= 11 is 0. The highest BCUT2D eigenvalue weighted by molar-refractivity contribution is 5.83. The lowest BCUT2D eigenvalue weighted by Gasteiger charge is -2.41. The van der Waals surface area contributed by atoms with E-state index in [1.807, 2.05) is 6.07 Å². The molecule has 3 rings (SSSR count). The average molecular weight is 410 g/mol. The second-order valence-corrected chi connectivity index (χ2v) is 7.84. The van der Waals surface area contributed by atoms with E-state index in [1.165, 1.54) is 14.2 Å². The van der Waals surface area contributed by atoms with Gasteiger partial charge in [0.2, 0.25) is 0 Å². The first-order valence-corrected chi connectivity index (χ1v) is 9.97. The van der Waals surface area contributed by atoms with Crippen molar-refractivity contribution in [2.75, 3.05) is 20.8 Å². The van der Waals surface area contributed by atoms with Gasteiger partial charge in [-0.25, -0.2) is 0 Å². The van der Waals surface area contributed by atoms with E-state index in [1.54, 1.807) is 12.1 Å². The van der Waals surface area contributed by atoms with Crippen molar-refractivity contribution in [3.8, 4) is 5.75 Å². The van der Waals surface area contributed by atoms with Gasteiger partial charge < -0.3 is 34.6 Å². The van der Waals surface area contributed by atoms with Gasteiger partial charge in [0.15, 0.2) is 0 Å². The minimum atomic E-state index is -1.50. The van der Waals surface area contributed by atoms with E-state index in [9.17, 15) is 25.2 Å². The third-order valence-electron chi connectivity index (χ3n) is 6.26. The van der Waals surface area contributed by atoms with Crippen molar-refractivity contribution in [3.05, 3.63) is 29.3 Å². The number of hydrogen-bond acceptors (Lipinski definition) is 8. The van der Waals surface area contributed by atoms with E-state index in [4.69, 9.17) is 14.2 Å². The van der Waals surface area contributed by atoms with Crippen LogP contribution in [0.3, 0.4) is 0 Å². The van der Waals surface area contributed by atoms with Crippen LogP contribution >= 0.6 is 0 Å². The van der Waals surface area contributed by atoms with E-state index in [0.717, 1.165) is 24.8 Å². The Bertz CT molecular complexity index is 713. The highest BCUT2D eigenvalue weighted by atomic mass is 16.5. The molecular formula is C21H30O8. The molecule has 0 spiro atoms. The highest BCUT2D eigenvalue weighted by Crippen LogP contribution is 2.44. The first-order chi connectivity index (χ1) is 13.9. The topological polar surface area (TPSA) is 126 Å². The van der Waals surface area contributed by atoms with Crippen LogP contribution in [0.25, 0.3) is 0 Å². The molecule has 0 bridgehead atoms. The van der Waals surface area contributed by atoms with Crippen LogP contribution in [0.5, 0.6) is 5.75 Å². The van der Waals surface area contributed by atoms with Crippen LogP contribution in [-0.2, 0) is 19.7 Å². The van der Waals surface area contributed by atoms with Gasteiger partial charge in [-0.1, -0.05) is 25.3 Å². The third kappa shape index (κ3) is 3.87. The molecule has 0 unspecified atom stereocenters. The Balaban J connectivity index is 2.06. The Kier molecular flexibility index (Phi) is 6.80. The summed E-state index contributed by atoms with van der Waals surface area (Å²) in [6.45, 7) is -0.518. The monoisotopic (exact) mass is 410 g/mol. The van der Waals surface area contributed by atoms with Crippen LogP contribution in [-0.4, -0.2) is 71.6 Å². The number of benzene rings is 1. The molecule has 8 nitrogen and oxygen atoms in total. The summed E-state index contributed by atoms with van der Waals surface area (Å²) in [7, 11) is 2.85. The molecule has 0 aromatic heterocycles. The molecule has 0 radical (unpaired) electrons. The SMILES string of the molecule is COC(=O)C1(c2ccc(OC)c([C@@H]3O[C@H](CO)[C@H](O)[C@H](O)[C@H]3O)c2)CCCCC1. The Labute approximate surface area is 170 Å². The molecular weight excluding hydrogens is 380 g/mol. The lowest BCUT2D eigenvalue weighted by atomic mass is 9.69. The Hall–Kier alpha value is -1.71. The van der Waals surface area contributed by atoms with Gasteiger partial charge in [0, 0.05) is 5.56 Å². The summed E-state index contributed by atoms with van der Waals surface area (Å²) in [6.07, 6.45) is -2.29. The van der Waals surface area contributed by atoms with Crippen molar-refractivity contribution in [2.24, 2.45) is 0 Å². The maximum Gasteiger partial charge on any atom is 0.316 e. The van der Waals surface area contributed by atoms with E-state index in [-0.39, 0.29) is 5.97 Å². The minimum Gasteiger partial charge on any atom is -0.496 e. The molecule has 1 aliphatic heterocycles. The number of esters is 1. The normalized spacial score (nSPS) is 31.9. The first-order valence-electron chi connectivity index (χ1n) is 9.97. The largest absolute Gasteiger partial charge is 0.496 e. The zero-order valence-electron chi connectivity index (χ0n) is 16.8. The van der Waals surface area contributed by atoms with Gasteiger partial charge in [-0.2, -0.15) is 0 Å². The fraction of sp³-hybridized carbons (Fsp3) is 0.667. The average Bonchev–Trinajstić information content (AvgIpc) is 2.77. The number of carbonyl (C=O) groups is 1. The standard InChI is InChI=1S/C21H30O8/c1-27-14-7-6-12(21(20(26)28-2)8-4-3-5-9-21)10-13(14)19-18(25)17(24)16(23)15(11-22)29-19/h6-7,10,15-19,22-25H,3-5,8-9,11H2,1-2H3/t15-,16+,17+,18-,19+/m1/s1. The van der Waals surface area contributed by atoms with Crippen molar-refractivity contribution in [1.29, 1.82) is 0 Å². The maximum absolute atomic E-state index is 12.7. The quantitative estimate of drug-likeness (QED) is 0.520. The fourth-order valence-corrected chi connectivity index (χ4v) is 4.57. The molecule has 1 saturated heterocycles. The van der Waals surface area contributed by atoms with E-state index >= 15 is 0 Å². The third-order valence-corrected chi connectivity index (χ3v) is 6.26. The van der Waals surface area contributed by atoms with E-state index in [0.29, 0.717) is 24.2 Å². The molecule has 2 aliphatic rings. The molecule has 29 heavy (non-hydrogen) atoms. The number of ether oxygens (including phenoxy) is 3. The Morgan fingerprint density at radius 2 is 1.79 bits per heavy atom. The fourth-order valence-electron chi connectivity index (χ4n) is 4.57. The second kappa shape index (κ2) is 8.97. The van der Waals surface area contributed by atoms with Crippen LogP contribution < -0.4 is 4.74 Å². The van der Waals surface area contributed by atoms with Gasteiger partial charge in [-0.15, -0.1) is 0 Å². The molecule has 1 heterocycles. The Morgan fingerprint density at radius 1 is 1.10 bits per heavy atom. The van der Waals surface area contributed by atoms with Crippen molar-refractivity contribution in [3.63, 3.8) is 0 Å². The molecule has 8 heteroatoms. The van der Waals surface area contributed by atoms with E-state index in [2.05, 4.69) is 0 Å². The van der Waals surface area contributed by atoms with E-state index < -0.39 is 42.5 Å². The maximum atomic E-state index is 12.7. The van der Waals surface area contributed by atoms with Crippen molar-refractivity contribution in [2.45, 2.75) is 68.0 Å². The van der Waals surface area contributed by atoms with Gasteiger partial charge in [0.05, 0.1) is 26.2 Å². The van der Waals surface area contributed by atoms with Crippen molar-refractivity contribution >= 4 is 5.97 Å². The van der Waals surface area contributed by atoms with Gasteiger partial charge >= 0.3 is 5.97 Å². The molecule has 1 saturated carbocycles. The van der Waals surface area contributed by atoms with Gasteiger partial charge in [-0.05, 0) is 30.5 Å². The smallest absolute Gasteiger partial charge is 0.316 e. The predicted octanol–water partition coefficient (Wildman–Crippen LogP) is 0.585. The van der Waals surface area contributed by atoms with Gasteiger partial charge in [0.1, 0.15) is 36.3 Å². The number of rotatable bonds is 5. The molecule has 0 amide bonds. The summed E-state index contributed by atoms with van der Waals surface area (Å²) in [4.78, 5) is 12.7. The summed E-state index contributed by atoms with van der Waals surface area (Å²) in [5, 5.41) is 40.3. The molecule has 4 N–H and O–H groups in total. The number of methoxy groups -OCH3 is 2. The minimum absolute atomic E-state index is 0.304. The Morgan fingerprint density at radius 3 is 2.38 bits per heavy atom. The zero-order valence-corrected chi connectivity index (χ0v) is 16.8. The van der Waals surface area contributed by atoms with Crippen LogP contribution in [0, 0.1) is 0 Å². The molecule has 1 aromatic rings. The van der Waals surface area contributed by atoms with Crippen molar-refractivity contribution in [1.82, 2.24) is 0 Å². The number of aliphatic hydroxyl groups is 4. The zero-order chi connectivity index (χ0) is 21.2. The number of carbonyl (C=O) groups excluding carboxylic acids is 1. The lowest BCUT2D eigenvalue weighted by Crippen LogP contribution is -2.55. The second-order valence-electron chi connectivity index (χ2n) is 7.84. The summed E-state index contributed by atoms with van der Waals surface area (Å²) in [5.41, 5.74) is 0.384. The van der Waals surface area contributed by atoms with Crippen LogP contribution in [0.2, 0.25) is 0 Å². The van der Waals surface area contributed by atoms with Crippen LogP contribution in [0.15, 0.2) is 18.2 Å². The molecule has 5 atom stereocenters. The van der Waals surface area contributed by atoms with Gasteiger partial charge in [0.25, 0.3) is 0 Å². The molecule has 2 fully saturated rings.